The van der Waals surface area contributed by atoms with Crippen LogP contribution < -0.4 is 4.31 Å². The van der Waals surface area contributed by atoms with Gasteiger partial charge in [-0.1, -0.05) is 60.2 Å². The first-order valence-electron chi connectivity index (χ1n) is 9.71. The molecule has 5 nitrogen and oxygen atoms in total. The number of rotatable bonds is 7. The lowest BCUT2D eigenvalue weighted by atomic mass is 10.1. The number of nitrogens with zero attached hydrogens (tertiary/aromatic N) is 2. The van der Waals surface area contributed by atoms with Crippen molar-refractivity contribution in [1.82, 2.24) is 4.90 Å². The Morgan fingerprint density at radius 2 is 1.50 bits per heavy atom. The van der Waals surface area contributed by atoms with Gasteiger partial charge in [-0.3, -0.25) is 9.10 Å². The molecule has 0 radical (unpaired) electrons. The molecule has 0 aliphatic heterocycles. The van der Waals surface area contributed by atoms with Crippen LogP contribution in [0.1, 0.15) is 16.7 Å². The van der Waals surface area contributed by atoms with E-state index in [9.17, 15) is 13.2 Å². The highest BCUT2D eigenvalue weighted by atomic mass is 32.2. The fraction of sp³-hybridized carbons (Fsp3) is 0.208. The smallest absolute Gasteiger partial charge is 0.264 e. The van der Waals surface area contributed by atoms with E-state index in [2.05, 4.69) is 0 Å². The maximum Gasteiger partial charge on any atom is 0.264 e. The highest BCUT2D eigenvalue weighted by Gasteiger charge is 2.28. The predicted molar refractivity (Wildman–Crippen MR) is 120 cm³/mol. The maximum atomic E-state index is 13.4. The van der Waals surface area contributed by atoms with E-state index in [0.717, 1.165) is 16.7 Å². The minimum absolute atomic E-state index is 0.153. The molecule has 0 saturated carbocycles. The Balaban J connectivity index is 1.89. The minimum atomic E-state index is -3.89. The van der Waals surface area contributed by atoms with E-state index in [-0.39, 0.29) is 17.3 Å². The summed E-state index contributed by atoms with van der Waals surface area (Å²) in [5, 5.41) is 0. The van der Waals surface area contributed by atoms with Crippen LogP contribution in [-0.2, 0) is 21.4 Å². The number of aryl methyl sites for hydroxylation is 2. The van der Waals surface area contributed by atoms with Crippen molar-refractivity contribution in [1.29, 1.82) is 0 Å². The molecule has 30 heavy (non-hydrogen) atoms. The molecule has 3 aromatic carbocycles. The molecular formula is C24H26N2O3S. The Hall–Kier alpha value is -3.12. The van der Waals surface area contributed by atoms with Gasteiger partial charge in [-0.25, -0.2) is 8.42 Å². The van der Waals surface area contributed by atoms with Crippen molar-refractivity contribution in [3.63, 3.8) is 0 Å². The standard InChI is InChI=1S/C24H26N2O3S/c1-19-12-14-21(15-13-19)17-25(3)24(27)18-26(22-9-7-8-20(2)16-22)30(28,29)23-10-5-4-6-11-23/h4-16H,17-18H2,1-3H3. The van der Waals surface area contributed by atoms with Gasteiger partial charge in [0, 0.05) is 13.6 Å². The molecule has 0 spiro atoms. The van der Waals surface area contributed by atoms with Gasteiger partial charge < -0.3 is 4.90 Å². The molecule has 3 aromatic rings. The van der Waals surface area contributed by atoms with Gasteiger partial charge in [0.2, 0.25) is 5.91 Å². The molecule has 156 valence electrons. The summed E-state index contributed by atoms with van der Waals surface area (Å²) in [6.07, 6.45) is 0. The van der Waals surface area contributed by atoms with E-state index in [1.807, 2.05) is 44.2 Å². The highest BCUT2D eigenvalue weighted by Crippen LogP contribution is 2.24. The summed E-state index contributed by atoms with van der Waals surface area (Å²) >= 11 is 0. The van der Waals surface area contributed by atoms with Crippen LogP contribution in [0.4, 0.5) is 5.69 Å². The van der Waals surface area contributed by atoms with Gasteiger partial charge in [0.15, 0.2) is 0 Å². The first kappa shape index (κ1) is 21.6. The molecule has 0 aromatic heterocycles. The van der Waals surface area contributed by atoms with Crippen molar-refractivity contribution in [3.8, 4) is 0 Å². The summed E-state index contributed by atoms with van der Waals surface area (Å²) in [6.45, 7) is 4.03. The third-order valence-corrected chi connectivity index (χ3v) is 6.65. The predicted octanol–water partition coefficient (Wildman–Crippen LogP) is 4.16. The zero-order valence-corrected chi connectivity index (χ0v) is 18.3. The Bertz CT molecular complexity index is 1110. The van der Waals surface area contributed by atoms with Gasteiger partial charge in [-0.15, -0.1) is 0 Å². The maximum absolute atomic E-state index is 13.4. The van der Waals surface area contributed by atoms with Crippen LogP contribution in [-0.4, -0.2) is 32.8 Å². The Labute approximate surface area is 178 Å². The molecular weight excluding hydrogens is 396 g/mol. The molecule has 0 fully saturated rings. The van der Waals surface area contributed by atoms with Crippen LogP contribution in [0.3, 0.4) is 0 Å². The van der Waals surface area contributed by atoms with Crippen molar-refractivity contribution in [2.75, 3.05) is 17.9 Å². The Kier molecular flexibility index (Phi) is 6.57. The van der Waals surface area contributed by atoms with Crippen molar-refractivity contribution < 1.29 is 13.2 Å². The summed E-state index contributed by atoms with van der Waals surface area (Å²) < 4.78 is 27.9. The van der Waals surface area contributed by atoms with E-state index in [4.69, 9.17) is 0 Å². The zero-order valence-electron chi connectivity index (χ0n) is 17.4. The van der Waals surface area contributed by atoms with E-state index >= 15 is 0 Å². The van der Waals surface area contributed by atoms with Gasteiger partial charge in [0.25, 0.3) is 10.0 Å². The summed E-state index contributed by atoms with van der Waals surface area (Å²) in [6, 6.07) is 23.3. The second kappa shape index (κ2) is 9.13. The van der Waals surface area contributed by atoms with Crippen LogP contribution in [0.25, 0.3) is 0 Å². The number of amides is 1. The van der Waals surface area contributed by atoms with Crippen molar-refractivity contribution >= 4 is 21.6 Å². The minimum Gasteiger partial charge on any atom is -0.340 e. The number of benzene rings is 3. The van der Waals surface area contributed by atoms with Crippen LogP contribution in [0, 0.1) is 13.8 Å². The Morgan fingerprint density at radius 3 is 2.13 bits per heavy atom. The monoisotopic (exact) mass is 422 g/mol. The summed E-state index contributed by atoms with van der Waals surface area (Å²) in [5.74, 6) is -0.281. The SMILES string of the molecule is Cc1ccc(CN(C)C(=O)CN(c2cccc(C)c2)S(=O)(=O)c2ccccc2)cc1. The van der Waals surface area contributed by atoms with Crippen LogP contribution in [0.2, 0.25) is 0 Å². The van der Waals surface area contributed by atoms with E-state index < -0.39 is 10.0 Å². The van der Waals surface area contributed by atoms with Crippen LogP contribution in [0.15, 0.2) is 83.8 Å². The normalized spacial score (nSPS) is 11.2. The Morgan fingerprint density at radius 1 is 0.833 bits per heavy atom. The fourth-order valence-corrected chi connectivity index (χ4v) is 4.54. The summed E-state index contributed by atoms with van der Waals surface area (Å²) in [4.78, 5) is 14.7. The van der Waals surface area contributed by atoms with Gasteiger partial charge in [0.05, 0.1) is 10.6 Å². The molecule has 0 aliphatic rings. The number of hydrogen-bond donors (Lipinski definition) is 0. The first-order chi connectivity index (χ1) is 14.3. The molecule has 0 unspecified atom stereocenters. The molecule has 6 heteroatoms. The molecule has 0 aliphatic carbocycles. The third kappa shape index (κ3) is 5.07. The molecule has 3 rings (SSSR count). The average molecular weight is 423 g/mol. The van der Waals surface area contributed by atoms with E-state index in [1.165, 1.54) is 4.31 Å². The molecule has 0 atom stereocenters. The number of likely N-dealkylation sites (N-methyl/N-ethyl adjacent to an activating group) is 1. The topological polar surface area (TPSA) is 57.7 Å². The third-order valence-electron chi connectivity index (χ3n) is 4.87. The largest absolute Gasteiger partial charge is 0.340 e. The number of carbonyl (C=O) groups is 1. The second-order valence-corrected chi connectivity index (χ2v) is 9.26. The lowest BCUT2D eigenvalue weighted by Crippen LogP contribution is -2.41. The van der Waals surface area contributed by atoms with Crippen molar-refractivity contribution in [3.05, 3.63) is 95.6 Å². The van der Waals surface area contributed by atoms with Gasteiger partial charge in [0.1, 0.15) is 6.54 Å². The molecule has 0 heterocycles. The van der Waals surface area contributed by atoms with E-state index in [0.29, 0.717) is 12.2 Å². The van der Waals surface area contributed by atoms with Gasteiger partial charge in [-0.05, 0) is 49.2 Å². The first-order valence-corrected chi connectivity index (χ1v) is 11.2. The zero-order chi connectivity index (χ0) is 21.7. The number of sulfonamides is 1. The lowest BCUT2D eigenvalue weighted by molar-refractivity contribution is -0.128. The molecule has 0 saturated heterocycles. The van der Waals surface area contributed by atoms with Crippen molar-refractivity contribution in [2.45, 2.75) is 25.3 Å². The second-order valence-electron chi connectivity index (χ2n) is 7.40. The quantitative estimate of drug-likeness (QED) is 0.575. The van der Waals surface area contributed by atoms with Gasteiger partial charge >= 0.3 is 0 Å². The molecule has 1 amide bonds. The van der Waals surface area contributed by atoms with Gasteiger partial charge in [-0.2, -0.15) is 0 Å². The number of carbonyl (C=O) groups excluding carboxylic acids is 1. The van der Waals surface area contributed by atoms with Crippen LogP contribution in [0.5, 0.6) is 0 Å². The molecule has 0 bridgehead atoms. The van der Waals surface area contributed by atoms with E-state index in [1.54, 1.807) is 60.5 Å². The average Bonchev–Trinajstić information content (AvgIpc) is 2.74. The van der Waals surface area contributed by atoms with Crippen LogP contribution >= 0.6 is 0 Å². The fourth-order valence-electron chi connectivity index (χ4n) is 3.12. The van der Waals surface area contributed by atoms with Crippen molar-refractivity contribution in [2.24, 2.45) is 0 Å². The number of hydrogen-bond acceptors (Lipinski definition) is 3. The summed E-state index contributed by atoms with van der Waals surface area (Å²) in [5.41, 5.74) is 3.52. The summed E-state index contributed by atoms with van der Waals surface area (Å²) in [7, 11) is -2.21. The lowest BCUT2D eigenvalue weighted by Gasteiger charge is -2.27. The highest BCUT2D eigenvalue weighted by molar-refractivity contribution is 7.92. The number of anilines is 1. The molecule has 0 N–H and O–H groups in total.